The highest BCUT2D eigenvalue weighted by molar-refractivity contribution is 6.09. The monoisotopic (exact) mass is 311 g/mol. The SMILES string of the molecule is CCOC(=O)[C@H]1C(=O)N(Cc2ccccc2)C12C=CC(=O)C=C2. The molecule has 1 aliphatic heterocycles. The van der Waals surface area contributed by atoms with Gasteiger partial charge in [-0.2, -0.15) is 0 Å². The van der Waals surface area contributed by atoms with Crippen LogP contribution in [-0.4, -0.2) is 34.7 Å². The number of ether oxygens (including phenoxy) is 1. The molecule has 3 rings (SSSR count). The van der Waals surface area contributed by atoms with Crippen LogP contribution in [0.3, 0.4) is 0 Å². The number of allylic oxidation sites excluding steroid dienone is 2. The topological polar surface area (TPSA) is 63.7 Å². The molecular formula is C18H17NO4. The third-order valence-corrected chi connectivity index (χ3v) is 4.18. The molecule has 0 saturated carbocycles. The van der Waals surface area contributed by atoms with Crippen LogP contribution in [-0.2, 0) is 25.7 Å². The number of benzene rings is 1. The molecule has 5 nitrogen and oxygen atoms in total. The summed E-state index contributed by atoms with van der Waals surface area (Å²) in [5, 5.41) is 0. The van der Waals surface area contributed by atoms with Crippen molar-refractivity contribution in [3.8, 4) is 0 Å². The maximum absolute atomic E-state index is 12.5. The fourth-order valence-electron chi connectivity index (χ4n) is 3.04. The van der Waals surface area contributed by atoms with E-state index in [1.54, 1.807) is 24.0 Å². The molecule has 0 N–H and O–H groups in total. The van der Waals surface area contributed by atoms with Crippen LogP contribution in [0.15, 0.2) is 54.6 Å². The lowest BCUT2D eigenvalue weighted by atomic mass is 9.70. The lowest BCUT2D eigenvalue weighted by Crippen LogP contribution is -2.71. The van der Waals surface area contributed by atoms with Gasteiger partial charge in [-0.3, -0.25) is 14.4 Å². The Kier molecular flexibility index (Phi) is 3.86. The molecule has 1 amide bonds. The highest BCUT2D eigenvalue weighted by Crippen LogP contribution is 2.43. The molecular weight excluding hydrogens is 294 g/mol. The number of rotatable bonds is 4. The predicted octanol–water partition coefficient (Wildman–Crippen LogP) is 1.64. The average Bonchev–Trinajstić information content (AvgIpc) is 2.56. The third-order valence-electron chi connectivity index (χ3n) is 4.18. The van der Waals surface area contributed by atoms with E-state index in [1.165, 1.54) is 12.2 Å². The molecule has 23 heavy (non-hydrogen) atoms. The van der Waals surface area contributed by atoms with Crippen molar-refractivity contribution >= 4 is 17.7 Å². The molecule has 0 radical (unpaired) electrons. The highest BCUT2D eigenvalue weighted by atomic mass is 16.5. The van der Waals surface area contributed by atoms with Gasteiger partial charge in [-0.05, 0) is 36.8 Å². The van der Waals surface area contributed by atoms with Gasteiger partial charge in [0.2, 0.25) is 5.91 Å². The zero-order valence-electron chi connectivity index (χ0n) is 12.8. The molecule has 1 aliphatic carbocycles. The van der Waals surface area contributed by atoms with E-state index in [0.717, 1.165) is 5.56 Å². The van der Waals surface area contributed by atoms with E-state index in [1.807, 2.05) is 30.3 Å². The van der Waals surface area contributed by atoms with Crippen LogP contribution in [0.4, 0.5) is 0 Å². The average molecular weight is 311 g/mol. The molecule has 0 unspecified atom stereocenters. The number of hydrogen-bond acceptors (Lipinski definition) is 4. The van der Waals surface area contributed by atoms with Crippen molar-refractivity contribution in [1.82, 2.24) is 4.90 Å². The minimum atomic E-state index is -0.924. The van der Waals surface area contributed by atoms with Gasteiger partial charge in [0, 0.05) is 6.54 Å². The second-order valence-electron chi connectivity index (χ2n) is 5.55. The van der Waals surface area contributed by atoms with E-state index >= 15 is 0 Å². The molecule has 1 aromatic rings. The number of carbonyl (C=O) groups excluding carboxylic acids is 3. The van der Waals surface area contributed by atoms with Crippen LogP contribution in [0.1, 0.15) is 12.5 Å². The Balaban J connectivity index is 1.92. The first-order chi connectivity index (χ1) is 11.1. The van der Waals surface area contributed by atoms with Gasteiger partial charge in [-0.1, -0.05) is 30.3 Å². The number of esters is 1. The van der Waals surface area contributed by atoms with Crippen LogP contribution in [0.25, 0.3) is 0 Å². The van der Waals surface area contributed by atoms with Crippen LogP contribution in [0.2, 0.25) is 0 Å². The number of β-lactam (4-membered cyclic amide) rings is 1. The lowest BCUT2D eigenvalue weighted by molar-refractivity contribution is -0.177. The first-order valence-electron chi connectivity index (χ1n) is 7.53. The van der Waals surface area contributed by atoms with E-state index in [-0.39, 0.29) is 18.3 Å². The zero-order chi connectivity index (χ0) is 16.4. The van der Waals surface area contributed by atoms with Crippen molar-refractivity contribution in [3.63, 3.8) is 0 Å². The summed E-state index contributed by atoms with van der Waals surface area (Å²) in [6.45, 7) is 2.29. The van der Waals surface area contributed by atoms with Gasteiger partial charge >= 0.3 is 5.97 Å². The van der Waals surface area contributed by atoms with E-state index in [0.29, 0.717) is 6.54 Å². The summed E-state index contributed by atoms with van der Waals surface area (Å²) >= 11 is 0. The third kappa shape index (κ3) is 2.48. The quantitative estimate of drug-likeness (QED) is 0.482. The molecule has 118 valence electrons. The van der Waals surface area contributed by atoms with Gasteiger partial charge in [0.1, 0.15) is 5.54 Å². The van der Waals surface area contributed by atoms with Crippen molar-refractivity contribution in [2.45, 2.75) is 19.0 Å². The first kappa shape index (κ1) is 15.2. The molecule has 2 aliphatic rings. The van der Waals surface area contributed by atoms with Gasteiger partial charge in [0.05, 0.1) is 6.61 Å². The van der Waals surface area contributed by atoms with Crippen LogP contribution in [0.5, 0.6) is 0 Å². The van der Waals surface area contributed by atoms with Gasteiger partial charge < -0.3 is 9.64 Å². The minimum absolute atomic E-state index is 0.155. The van der Waals surface area contributed by atoms with Crippen molar-refractivity contribution in [2.24, 2.45) is 5.92 Å². The number of nitrogens with zero attached hydrogens (tertiary/aromatic N) is 1. The van der Waals surface area contributed by atoms with E-state index in [9.17, 15) is 14.4 Å². The molecule has 0 bridgehead atoms. The molecule has 5 heteroatoms. The molecule has 1 atom stereocenters. The summed E-state index contributed by atoms with van der Waals surface area (Å²) in [7, 11) is 0. The van der Waals surface area contributed by atoms with Crippen molar-refractivity contribution in [3.05, 3.63) is 60.2 Å². The summed E-state index contributed by atoms with van der Waals surface area (Å²) < 4.78 is 5.03. The predicted molar refractivity (Wildman–Crippen MR) is 83.1 cm³/mol. The van der Waals surface area contributed by atoms with Crippen LogP contribution < -0.4 is 0 Å². The van der Waals surface area contributed by atoms with Crippen LogP contribution >= 0.6 is 0 Å². The fraction of sp³-hybridized carbons (Fsp3) is 0.278. The highest BCUT2D eigenvalue weighted by Gasteiger charge is 2.62. The molecule has 1 heterocycles. The van der Waals surface area contributed by atoms with Gasteiger partial charge in [-0.15, -0.1) is 0 Å². The number of likely N-dealkylation sites (tertiary alicyclic amines) is 1. The van der Waals surface area contributed by atoms with Crippen molar-refractivity contribution < 1.29 is 19.1 Å². The number of hydrogen-bond donors (Lipinski definition) is 0. The summed E-state index contributed by atoms with van der Waals surface area (Å²) in [4.78, 5) is 37.7. The summed E-state index contributed by atoms with van der Waals surface area (Å²) in [5.41, 5.74) is 0.0498. The second-order valence-corrected chi connectivity index (χ2v) is 5.55. The Labute approximate surface area is 134 Å². The molecule has 1 spiro atoms. The Morgan fingerprint density at radius 1 is 1.17 bits per heavy atom. The normalized spacial score (nSPS) is 21.4. The molecule has 1 aromatic carbocycles. The zero-order valence-corrected chi connectivity index (χ0v) is 12.8. The van der Waals surface area contributed by atoms with Gasteiger partial charge in [0.25, 0.3) is 0 Å². The molecule has 1 fully saturated rings. The number of amides is 1. The summed E-state index contributed by atoms with van der Waals surface area (Å²) in [6, 6.07) is 9.52. The minimum Gasteiger partial charge on any atom is -0.465 e. The smallest absolute Gasteiger partial charge is 0.321 e. The van der Waals surface area contributed by atoms with Gasteiger partial charge in [0.15, 0.2) is 11.7 Å². The lowest BCUT2D eigenvalue weighted by Gasteiger charge is -2.54. The fourth-order valence-corrected chi connectivity index (χ4v) is 3.04. The second kappa shape index (κ2) is 5.83. The van der Waals surface area contributed by atoms with E-state index < -0.39 is 17.4 Å². The van der Waals surface area contributed by atoms with Crippen LogP contribution in [0, 0.1) is 5.92 Å². The standard InChI is InChI=1S/C18H17NO4/c1-2-23-17(22)15-16(21)19(12-13-6-4-3-5-7-13)18(15)10-8-14(20)9-11-18/h3-11,15H,2,12H2,1H3/t15-/m1/s1. The number of ketones is 1. The maximum Gasteiger partial charge on any atom is 0.321 e. The Bertz CT molecular complexity index is 689. The molecule has 1 saturated heterocycles. The largest absolute Gasteiger partial charge is 0.465 e. The van der Waals surface area contributed by atoms with Crippen molar-refractivity contribution in [2.75, 3.05) is 6.61 Å². The first-order valence-corrected chi connectivity index (χ1v) is 7.53. The Morgan fingerprint density at radius 3 is 2.43 bits per heavy atom. The number of carbonyl (C=O) groups is 3. The Hall–Kier alpha value is -2.69. The molecule has 0 aromatic heterocycles. The van der Waals surface area contributed by atoms with Gasteiger partial charge in [-0.25, -0.2) is 0 Å². The van der Waals surface area contributed by atoms with Crippen molar-refractivity contribution in [1.29, 1.82) is 0 Å². The maximum atomic E-state index is 12.5. The van der Waals surface area contributed by atoms with E-state index in [2.05, 4.69) is 0 Å². The summed E-state index contributed by atoms with van der Waals surface area (Å²) in [5.74, 6) is -1.91. The van der Waals surface area contributed by atoms with E-state index in [4.69, 9.17) is 4.74 Å². The Morgan fingerprint density at radius 2 is 1.83 bits per heavy atom. The summed E-state index contributed by atoms with van der Waals surface area (Å²) in [6.07, 6.45) is 6.05.